The van der Waals surface area contributed by atoms with Gasteiger partial charge < -0.3 is 5.32 Å². The second-order valence-corrected chi connectivity index (χ2v) is 6.35. The Kier molecular flexibility index (Phi) is 4.86. The number of carbonyl (C=O) groups excluding carboxylic acids is 1. The number of H-pyrrole nitrogens is 1. The highest BCUT2D eigenvalue weighted by Gasteiger charge is 2.13. The molecular weight excluding hydrogens is 350 g/mol. The van der Waals surface area contributed by atoms with E-state index >= 15 is 0 Å². The van der Waals surface area contributed by atoms with E-state index in [0.29, 0.717) is 28.1 Å². The molecule has 0 bridgehead atoms. The Hall–Kier alpha value is -2.32. The Balaban J connectivity index is 1.74. The summed E-state index contributed by atoms with van der Waals surface area (Å²) in [6.07, 6.45) is 0.654. The van der Waals surface area contributed by atoms with Crippen molar-refractivity contribution in [3.05, 3.63) is 51.4 Å². The van der Waals surface area contributed by atoms with Crippen molar-refractivity contribution in [1.82, 2.24) is 19.6 Å². The zero-order valence-electron chi connectivity index (χ0n) is 12.7. The van der Waals surface area contributed by atoms with Crippen LogP contribution in [0.15, 0.2) is 40.3 Å². The summed E-state index contributed by atoms with van der Waals surface area (Å²) >= 11 is 7.14. The average Bonchev–Trinajstić information content (AvgIpc) is 2.95. The maximum absolute atomic E-state index is 12.1. The van der Waals surface area contributed by atoms with E-state index in [4.69, 9.17) is 11.6 Å². The third-order valence-corrected chi connectivity index (χ3v) is 4.42. The molecule has 0 saturated heterocycles. The maximum Gasteiger partial charge on any atom is 0.252 e. The molecule has 0 fully saturated rings. The largest absolute Gasteiger partial charge is 0.325 e. The van der Waals surface area contributed by atoms with E-state index in [1.807, 2.05) is 6.92 Å². The van der Waals surface area contributed by atoms with E-state index in [2.05, 4.69) is 20.5 Å². The minimum Gasteiger partial charge on any atom is -0.325 e. The first-order chi connectivity index (χ1) is 11.6. The Labute approximate surface area is 146 Å². The Morgan fingerprint density at radius 2 is 2.21 bits per heavy atom. The zero-order chi connectivity index (χ0) is 17.1. The van der Waals surface area contributed by atoms with Gasteiger partial charge in [0.2, 0.25) is 11.7 Å². The predicted octanol–water partition coefficient (Wildman–Crippen LogP) is 2.36. The van der Waals surface area contributed by atoms with Crippen molar-refractivity contribution in [2.24, 2.45) is 0 Å². The van der Waals surface area contributed by atoms with Crippen molar-refractivity contribution in [2.45, 2.75) is 18.5 Å². The van der Waals surface area contributed by atoms with E-state index in [1.165, 1.54) is 17.8 Å². The van der Waals surface area contributed by atoms with Crippen LogP contribution in [0.5, 0.6) is 0 Å². The predicted molar refractivity (Wildman–Crippen MR) is 93.8 cm³/mol. The quantitative estimate of drug-likeness (QED) is 0.679. The number of hydrogen-bond acceptors (Lipinski definition) is 5. The van der Waals surface area contributed by atoms with Crippen LogP contribution in [0.3, 0.4) is 0 Å². The summed E-state index contributed by atoms with van der Waals surface area (Å²) in [5.74, 6) is 0.355. The highest BCUT2D eigenvalue weighted by molar-refractivity contribution is 7.99. The van der Waals surface area contributed by atoms with Gasteiger partial charge in [-0.2, -0.15) is 0 Å². The monoisotopic (exact) mass is 363 g/mol. The van der Waals surface area contributed by atoms with Crippen LogP contribution in [0.25, 0.3) is 5.78 Å². The van der Waals surface area contributed by atoms with Gasteiger partial charge in [-0.25, -0.2) is 0 Å². The fraction of sp³-hybridized carbons (Fsp3) is 0.200. The van der Waals surface area contributed by atoms with Gasteiger partial charge in [-0.05, 0) is 24.6 Å². The lowest BCUT2D eigenvalue weighted by Crippen LogP contribution is -2.15. The normalized spacial score (nSPS) is 10.9. The number of aromatic amines is 1. The number of benzene rings is 1. The number of aryl methyl sites for hydroxylation is 1. The van der Waals surface area contributed by atoms with Gasteiger partial charge in [0.15, 0.2) is 5.16 Å². The van der Waals surface area contributed by atoms with Gasteiger partial charge in [0.25, 0.3) is 5.56 Å². The van der Waals surface area contributed by atoms with Gasteiger partial charge in [0.1, 0.15) is 0 Å². The van der Waals surface area contributed by atoms with E-state index < -0.39 is 0 Å². The van der Waals surface area contributed by atoms with Crippen molar-refractivity contribution in [3.8, 4) is 0 Å². The molecule has 7 nitrogen and oxygen atoms in total. The van der Waals surface area contributed by atoms with Crippen LogP contribution < -0.4 is 10.9 Å². The summed E-state index contributed by atoms with van der Waals surface area (Å²) in [6, 6.07) is 8.45. The van der Waals surface area contributed by atoms with Gasteiger partial charge in [-0.3, -0.25) is 19.0 Å². The van der Waals surface area contributed by atoms with Crippen molar-refractivity contribution in [1.29, 1.82) is 0 Å². The molecule has 0 atom stereocenters. The van der Waals surface area contributed by atoms with Crippen LogP contribution >= 0.6 is 23.4 Å². The molecule has 124 valence electrons. The lowest BCUT2D eigenvalue weighted by Gasteiger charge is -2.06. The smallest absolute Gasteiger partial charge is 0.252 e. The maximum atomic E-state index is 12.1. The van der Waals surface area contributed by atoms with Crippen molar-refractivity contribution in [3.63, 3.8) is 0 Å². The van der Waals surface area contributed by atoms with E-state index in [0.717, 1.165) is 5.69 Å². The van der Waals surface area contributed by atoms with Gasteiger partial charge in [0, 0.05) is 22.5 Å². The molecule has 0 spiro atoms. The number of carbonyl (C=O) groups is 1. The number of rotatable bonds is 5. The Bertz CT molecular complexity index is 952. The summed E-state index contributed by atoms with van der Waals surface area (Å²) in [5.41, 5.74) is 1.20. The third-order valence-electron chi connectivity index (χ3n) is 3.26. The topological polar surface area (TPSA) is 92.2 Å². The Morgan fingerprint density at radius 1 is 1.38 bits per heavy atom. The summed E-state index contributed by atoms with van der Waals surface area (Å²) in [7, 11) is 0. The highest BCUT2D eigenvalue weighted by atomic mass is 35.5. The van der Waals surface area contributed by atoms with E-state index in [-0.39, 0.29) is 17.2 Å². The molecule has 2 heterocycles. The number of thioether (sulfide) groups is 1. The van der Waals surface area contributed by atoms with Crippen LogP contribution in [0.4, 0.5) is 5.69 Å². The summed E-state index contributed by atoms with van der Waals surface area (Å²) in [5, 5.41) is 11.9. The van der Waals surface area contributed by atoms with Crippen molar-refractivity contribution in [2.75, 3.05) is 11.1 Å². The molecule has 0 aliphatic rings. The molecule has 2 aromatic heterocycles. The SMILES string of the molecule is CCc1cc(=O)[nH]c2nnc(SCC(=O)Nc3cccc(Cl)c3)n12. The summed E-state index contributed by atoms with van der Waals surface area (Å²) < 4.78 is 1.75. The molecule has 3 aromatic rings. The third kappa shape index (κ3) is 3.60. The minimum absolute atomic E-state index is 0.162. The minimum atomic E-state index is -0.220. The average molecular weight is 364 g/mol. The molecule has 3 rings (SSSR count). The first-order valence-electron chi connectivity index (χ1n) is 7.22. The molecule has 1 amide bonds. The molecule has 24 heavy (non-hydrogen) atoms. The molecule has 0 aliphatic heterocycles. The first-order valence-corrected chi connectivity index (χ1v) is 8.58. The van der Waals surface area contributed by atoms with Gasteiger partial charge in [-0.15, -0.1) is 10.2 Å². The van der Waals surface area contributed by atoms with Crippen LogP contribution in [0, 0.1) is 0 Å². The number of anilines is 1. The van der Waals surface area contributed by atoms with E-state index in [9.17, 15) is 9.59 Å². The number of amides is 1. The van der Waals surface area contributed by atoms with Gasteiger partial charge in [0.05, 0.1) is 5.75 Å². The number of nitrogens with one attached hydrogen (secondary N) is 2. The first kappa shape index (κ1) is 16.5. The number of halogens is 1. The number of nitrogens with zero attached hydrogens (tertiary/aromatic N) is 3. The molecule has 2 N–H and O–H groups in total. The van der Waals surface area contributed by atoms with Gasteiger partial charge >= 0.3 is 0 Å². The molecule has 9 heteroatoms. The molecule has 0 radical (unpaired) electrons. The second kappa shape index (κ2) is 7.06. The summed E-state index contributed by atoms with van der Waals surface area (Å²) in [6.45, 7) is 1.94. The van der Waals surface area contributed by atoms with Crippen molar-refractivity contribution >= 4 is 40.7 Å². The molecule has 0 aliphatic carbocycles. The molecular formula is C15H14ClN5O2S. The Morgan fingerprint density at radius 3 is 2.96 bits per heavy atom. The van der Waals surface area contributed by atoms with Crippen molar-refractivity contribution < 1.29 is 4.79 Å². The highest BCUT2D eigenvalue weighted by Crippen LogP contribution is 2.19. The fourth-order valence-electron chi connectivity index (χ4n) is 2.22. The molecule has 1 aromatic carbocycles. The molecule has 0 unspecified atom stereocenters. The van der Waals surface area contributed by atoms with E-state index in [1.54, 1.807) is 28.7 Å². The van der Waals surface area contributed by atoms with Crippen LogP contribution in [-0.2, 0) is 11.2 Å². The van der Waals surface area contributed by atoms with Crippen LogP contribution in [-0.4, -0.2) is 31.2 Å². The zero-order valence-corrected chi connectivity index (χ0v) is 14.3. The van der Waals surface area contributed by atoms with Gasteiger partial charge in [-0.1, -0.05) is 36.4 Å². The summed E-state index contributed by atoms with van der Waals surface area (Å²) in [4.78, 5) is 26.2. The second-order valence-electron chi connectivity index (χ2n) is 4.97. The number of aromatic nitrogens is 4. The number of fused-ring (bicyclic) bond motifs is 1. The number of hydrogen-bond donors (Lipinski definition) is 2. The van der Waals surface area contributed by atoms with Crippen LogP contribution in [0.2, 0.25) is 5.02 Å². The molecule has 0 saturated carbocycles. The van der Waals surface area contributed by atoms with Crippen LogP contribution in [0.1, 0.15) is 12.6 Å². The fourth-order valence-corrected chi connectivity index (χ4v) is 3.17. The standard InChI is InChI=1S/C15H14ClN5O2S/c1-2-11-7-12(22)18-14-19-20-15(21(11)14)24-8-13(23)17-10-5-3-4-9(16)6-10/h3-7H,2,8H2,1H3,(H,17,23)(H,18,19,22). The lowest BCUT2D eigenvalue weighted by atomic mass is 10.3. The lowest BCUT2D eigenvalue weighted by molar-refractivity contribution is -0.113.